The highest BCUT2D eigenvalue weighted by Crippen LogP contribution is 2.40. The zero-order valence-electron chi connectivity index (χ0n) is 17.3. The number of benzene rings is 2. The smallest absolute Gasteiger partial charge is 0.417 e. The molecule has 1 aromatic heterocycles. The monoisotopic (exact) mass is 556 g/mol. The summed E-state index contributed by atoms with van der Waals surface area (Å²) in [5, 5.41) is 21.5. The van der Waals surface area contributed by atoms with Crippen molar-refractivity contribution in [2.45, 2.75) is 31.2 Å². The summed E-state index contributed by atoms with van der Waals surface area (Å²) in [6, 6.07) is 6.56. The Hall–Kier alpha value is -1.68. The van der Waals surface area contributed by atoms with Gasteiger partial charge in [-0.2, -0.15) is 13.2 Å². The van der Waals surface area contributed by atoms with Gasteiger partial charge in [0.05, 0.1) is 21.2 Å². The number of piperidine rings is 1. The molecule has 1 aliphatic rings. The number of fused-ring (bicyclic) bond motifs is 1. The number of hydrogen-bond donors (Lipinski definition) is 3. The maximum Gasteiger partial charge on any atom is 0.417 e. The lowest BCUT2D eigenvalue weighted by Crippen LogP contribution is -2.42. The quantitative estimate of drug-likeness (QED) is 0.331. The second-order valence-corrected chi connectivity index (χ2v) is 9.34. The molecule has 34 heavy (non-hydrogen) atoms. The van der Waals surface area contributed by atoms with Crippen molar-refractivity contribution in [3.63, 3.8) is 0 Å². The summed E-state index contributed by atoms with van der Waals surface area (Å²) >= 11 is 18.1. The van der Waals surface area contributed by atoms with E-state index in [1.54, 1.807) is 6.07 Å². The van der Waals surface area contributed by atoms with E-state index >= 15 is 0 Å². The Balaban J connectivity index is 0.00000324. The predicted molar refractivity (Wildman–Crippen MR) is 127 cm³/mol. The van der Waals surface area contributed by atoms with Gasteiger partial charge in [-0.25, -0.2) is 4.79 Å². The highest BCUT2D eigenvalue weighted by Gasteiger charge is 2.38. The molecule has 0 saturated carbocycles. The lowest BCUT2D eigenvalue weighted by molar-refractivity contribution is -0.137. The highest BCUT2D eigenvalue weighted by molar-refractivity contribution is 6.39. The number of carbonyl (C=O) groups is 1. The van der Waals surface area contributed by atoms with Crippen LogP contribution < -0.4 is 0 Å². The van der Waals surface area contributed by atoms with Crippen LogP contribution in [0.5, 0.6) is 0 Å². The third-order valence-corrected chi connectivity index (χ3v) is 6.85. The number of hydrogen-bond acceptors (Lipinski definition) is 3. The maximum absolute atomic E-state index is 13.2. The molecule has 0 unspecified atom stereocenters. The van der Waals surface area contributed by atoms with E-state index in [1.165, 1.54) is 12.1 Å². The first-order chi connectivity index (χ1) is 15.4. The minimum atomic E-state index is -4.63. The van der Waals surface area contributed by atoms with E-state index in [9.17, 15) is 28.2 Å². The van der Waals surface area contributed by atoms with E-state index in [1.807, 2.05) is 4.90 Å². The van der Waals surface area contributed by atoms with Gasteiger partial charge in [0.2, 0.25) is 0 Å². The van der Waals surface area contributed by atoms with Crippen LogP contribution in [0.3, 0.4) is 0 Å². The van der Waals surface area contributed by atoms with E-state index in [0.29, 0.717) is 39.6 Å². The number of aromatic nitrogens is 1. The first-order valence-electron chi connectivity index (χ1n) is 9.94. The van der Waals surface area contributed by atoms with E-state index in [2.05, 4.69) is 4.98 Å². The molecule has 1 aliphatic heterocycles. The summed E-state index contributed by atoms with van der Waals surface area (Å²) in [6.45, 7) is 0.891. The molecule has 2 heterocycles. The van der Waals surface area contributed by atoms with Gasteiger partial charge >= 0.3 is 12.1 Å². The first-order valence-corrected chi connectivity index (χ1v) is 11.1. The van der Waals surface area contributed by atoms with Crippen LogP contribution >= 0.6 is 47.2 Å². The van der Waals surface area contributed by atoms with Crippen LogP contribution in [0.25, 0.3) is 10.9 Å². The molecule has 1 saturated heterocycles. The molecule has 0 atom stereocenters. The van der Waals surface area contributed by atoms with Crippen molar-refractivity contribution in [1.29, 1.82) is 0 Å². The van der Waals surface area contributed by atoms with Crippen molar-refractivity contribution in [2.24, 2.45) is 0 Å². The number of alkyl halides is 3. The number of halogens is 7. The van der Waals surface area contributed by atoms with Crippen molar-refractivity contribution < 1.29 is 28.2 Å². The average molecular weight is 558 g/mol. The molecule has 5 nitrogen and oxygen atoms in total. The Morgan fingerprint density at radius 2 is 1.74 bits per heavy atom. The number of aromatic carboxylic acids is 1. The minimum absolute atomic E-state index is 0. The van der Waals surface area contributed by atoms with Crippen LogP contribution in [0, 0.1) is 0 Å². The number of carboxylic acids is 1. The first kappa shape index (κ1) is 26.9. The summed E-state index contributed by atoms with van der Waals surface area (Å²) in [4.78, 5) is 16.6. The minimum Gasteiger partial charge on any atom is -0.477 e. The van der Waals surface area contributed by atoms with E-state index < -0.39 is 28.3 Å². The van der Waals surface area contributed by atoms with E-state index in [4.69, 9.17) is 34.8 Å². The van der Waals surface area contributed by atoms with E-state index in [0.717, 1.165) is 12.1 Å². The van der Waals surface area contributed by atoms with Crippen molar-refractivity contribution in [3.05, 3.63) is 67.8 Å². The fraction of sp³-hybridized carbons (Fsp3) is 0.318. The lowest BCUT2D eigenvalue weighted by atomic mass is 9.83. The van der Waals surface area contributed by atoms with Crippen LogP contribution in [0.2, 0.25) is 15.1 Å². The molecule has 2 aromatic carbocycles. The van der Waals surface area contributed by atoms with Crippen molar-refractivity contribution >= 4 is 64.1 Å². The fourth-order valence-electron chi connectivity index (χ4n) is 4.28. The molecule has 0 spiro atoms. The highest BCUT2D eigenvalue weighted by atomic mass is 35.5. The molecule has 12 heteroatoms. The SMILES string of the molecule is Cl.O=C(O)c1[nH]c2cc(Cl)cc(Cl)c2c1CN1CCC(O)(c2ccc(Cl)c(C(F)(F)F)c2)CC1. The van der Waals surface area contributed by atoms with Gasteiger partial charge in [0.25, 0.3) is 0 Å². The van der Waals surface area contributed by atoms with Gasteiger partial charge < -0.3 is 15.2 Å². The fourth-order valence-corrected chi connectivity index (χ4v) is 5.11. The number of aliphatic hydroxyl groups is 1. The Bertz CT molecular complexity index is 1240. The number of nitrogens with zero attached hydrogens (tertiary/aromatic N) is 1. The van der Waals surface area contributed by atoms with Gasteiger partial charge in [-0.15, -0.1) is 12.4 Å². The van der Waals surface area contributed by atoms with E-state index in [-0.39, 0.29) is 43.1 Å². The van der Waals surface area contributed by atoms with Gasteiger partial charge in [0, 0.05) is 41.1 Å². The van der Waals surface area contributed by atoms with Crippen molar-refractivity contribution in [3.8, 4) is 0 Å². The number of H-pyrrole nitrogens is 1. The molecule has 3 aromatic rings. The molecule has 0 radical (unpaired) electrons. The van der Waals surface area contributed by atoms with Gasteiger partial charge in [-0.05, 0) is 42.7 Å². The summed E-state index contributed by atoms with van der Waals surface area (Å²) in [5.74, 6) is -1.15. The molecular weight excluding hydrogens is 539 g/mol. The molecule has 184 valence electrons. The Labute approximate surface area is 213 Å². The molecule has 1 fully saturated rings. The molecule has 0 amide bonds. The Morgan fingerprint density at radius 3 is 2.32 bits per heavy atom. The van der Waals surface area contributed by atoms with Crippen molar-refractivity contribution in [1.82, 2.24) is 9.88 Å². The topological polar surface area (TPSA) is 76.6 Å². The van der Waals surface area contributed by atoms with Gasteiger partial charge in [-0.3, -0.25) is 4.90 Å². The van der Waals surface area contributed by atoms with Gasteiger partial charge in [0.15, 0.2) is 0 Å². The number of aromatic amines is 1. The summed E-state index contributed by atoms with van der Waals surface area (Å²) < 4.78 is 39.7. The zero-order chi connectivity index (χ0) is 24.1. The number of rotatable bonds is 4. The second kappa shape index (κ2) is 9.76. The summed E-state index contributed by atoms with van der Waals surface area (Å²) in [7, 11) is 0. The lowest BCUT2D eigenvalue weighted by Gasteiger charge is -2.39. The Morgan fingerprint density at radius 1 is 1.09 bits per heavy atom. The molecule has 0 bridgehead atoms. The number of nitrogens with one attached hydrogen (secondary N) is 1. The largest absolute Gasteiger partial charge is 0.477 e. The molecule has 3 N–H and O–H groups in total. The molecule has 4 rings (SSSR count). The van der Waals surface area contributed by atoms with Crippen LogP contribution in [0.4, 0.5) is 13.2 Å². The second-order valence-electron chi connectivity index (χ2n) is 8.09. The molecular formula is C22H19Cl4F3N2O3. The normalized spacial score (nSPS) is 16.4. The summed E-state index contributed by atoms with van der Waals surface area (Å²) in [5.41, 5.74) is -1.33. The predicted octanol–water partition coefficient (Wildman–Crippen LogP) is 6.75. The zero-order valence-corrected chi connectivity index (χ0v) is 20.4. The maximum atomic E-state index is 13.2. The molecule has 0 aliphatic carbocycles. The summed E-state index contributed by atoms with van der Waals surface area (Å²) in [6.07, 6.45) is -4.30. The number of carboxylic acid groups (broad SMARTS) is 1. The Kier molecular flexibility index (Phi) is 7.73. The standard InChI is InChI=1S/C22H18Cl3F3N2O3.ClH/c23-12-8-16(25)18-13(19(20(31)32)29-17(18)9-12)10-30-5-3-21(33,4-6-30)11-1-2-15(24)14(7-11)22(26,27)28;/h1-2,7-9,29,33H,3-6,10H2,(H,31,32);1H. The van der Waals surface area contributed by atoms with Crippen molar-refractivity contribution in [2.75, 3.05) is 13.1 Å². The van der Waals surface area contributed by atoms with Crippen LogP contribution in [-0.2, 0) is 18.3 Å². The van der Waals surface area contributed by atoms with Gasteiger partial charge in [0.1, 0.15) is 5.69 Å². The number of likely N-dealkylation sites (tertiary alicyclic amines) is 1. The third-order valence-electron chi connectivity index (χ3n) is 6.01. The van der Waals surface area contributed by atoms with Gasteiger partial charge in [-0.1, -0.05) is 40.9 Å². The third kappa shape index (κ3) is 5.12. The van der Waals surface area contributed by atoms with Crippen LogP contribution in [-0.4, -0.2) is 39.2 Å². The van der Waals surface area contributed by atoms with Crippen LogP contribution in [0.15, 0.2) is 30.3 Å². The average Bonchev–Trinajstić information content (AvgIpc) is 3.08. The van der Waals surface area contributed by atoms with Crippen LogP contribution in [0.1, 0.15) is 40.0 Å².